The van der Waals surface area contributed by atoms with Crippen molar-refractivity contribution in [2.75, 3.05) is 13.2 Å². The summed E-state index contributed by atoms with van der Waals surface area (Å²) in [4.78, 5) is 0. The fourth-order valence-electron chi connectivity index (χ4n) is 2.56. The quantitative estimate of drug-likeness (QED) is 0.211. The normalized spacial score (nSPS) is 17.4. The Kier molecular flexibility index (Phi) is 6.34. The van der Waals surface area contributed by atoms with E-state index < -0.39 is 0 Å². The number of rotatable bonds is 6. The molecule has 0 aliphatic heterocycles. The zero-order chi connectivity index (χ0) is 14.9. The molecule has 0 radical (unpaired) electrons. The third kappa shape index (κ3) is 5.27. The second kappa shape index (κ2) is 8.52. The molecule has 0 heterocycles. The monoisotopic (exact) mass is 292 g/mol. The van der Waals surface area contributed by atoms with Gasteiger partial charge in [0.15, 0.2) is 5.84 Å². The maximum Gasteiger partial charge on any atom is 0.170 e. The molecule has 5 heteroatoms. The Balaban J connectivity index is 1.68. The van der Waals surface area contributed by atoms with Gasteiger partial charge in [-0.1, -0.05) is 30.8 Å². The SMILES string of the molecule is N/C(=N/O)c1ccc(OCCOC2CCCCCC2)cc1. The molecule has 116 valence electrons. The Bertz CT molecular complexity index is 437. The number of amidine groups is 1. The van der Waals surface area contributed by atoms with Crippen molar-refractivity contribution < 1.29 is 14.7 Å². The van der Waals surface area contributed by atoms with Crippen LogP contribution in [0.5, 0.6) is 5.75 Å². The Morgan fingerprint density at radius 3 is 2.38 bits per heavy atom. The van der Waals surface area contributed by atoms with E-state index in [4.69, 9.17) is 20.4 Å². The summed E-state index contributed by atoms with van der Waals surface area (Å²) < 4.78 is 11.5. The van der Waals surface area contributed by atoms with Gasteiger partial charge in [-0.3, -0.25) is 0 Å². The van der Waals surface area contributed by atoms with Crippen LogP contribution in [0.4, 0.5) is 0 Å². The highest BCUT2D eigenvalue weighted by Crippen LogP contribution is 2.19. The van der Waals surface area contributed by atoms with Crippen molar-refractivity contribution in [3.8, 4) is 5.75 Å². The minimum atomic E-state index is 0.0956. The molecule has 0 saturated heterocycles. The molecule has 3 N–H and O–H groups in total. The lowest BCUT2D eigenvalue weighted by molar-refractivity contribution is 0.0254. The van der Waals surface area contributed by atoms with Crippen molar-refractivity contribution in [2.45, 2.75) is 44.6 Å². The topological polar surface area (TPSA) is 77.1 Å². The first-order chi connectivity index (χ1) is 10.3. The summed E-state index contributed by atoms with van der Waals surface area (Å²) in [6.45, 7) is 1.16. The fourth-order valence-corrected chi connectivity index (χ4v) is 2.56. The van der Waals surface area contributed by atoms with Crippen molar-refractivity contribution >= 4 is 5.84 Å². The van der Waals surface area contributed by atoms with Gasteiger partial charge in [0.05, 0.1) is 12.7 Å². The minimum Gasteiger partial charge on any atom is -0.491 e. The first kappa shape index (κ1) is 15.6. The largest absolute Gasteiger partial charge is 0.491 e. The van der Waals surface area contributed by atoms with E-state index in [1.165, 1.54) is 38.5 Å². The van der Waals surface area contributed by atoms with Gasteiger partial charge in [-0.05, 0) is 37.1 Å². The average molecular weight is 292 g/mol. The van der Waals surface area contributed by atoms with Gasteiger partial charge in [0.1, 0.15) is 12.4 Å². The van der Waals surface area contributed by atoms with E-state index in [1.807, 2.05) is 0 Å². The molecule has 21 heavy (non-hydrogen) atoms. The van der Waals surface area contributed by atoms with Crippen molar-refractivity contribution in [3.05, 3.63) is 29.8 Å². The van der Waals surface area contributed by atoms with Crippen LogP contribution in [0.2, 0.25) is 0 Å². The minimum absolute atomic E-state index is 0.0956. The van der Waals surface area contributed by atoms with Crippen molar-refractivity contribution in [3.63, 3.8) is 0 Å². The van der Waals surface area contributed by atoms with Crippen LogP contribution in [0, 0.1) is 0 Å². The van der Waals surface area contributed by atoms with E-state index in [9.17, 15) is 0 Å². The summed E-state index contributed by atoms with van der Waals surface area (Å²) in [5.41, 5.74) is 6.17. The lowest BCUT2D eigenvalue weighted by Crippen LogP contribution is -2.16. The van der Waals surface area contributed by atoms with Crippen LogP contribution in [0.1, 0.15) is 44.1 Å². The maximum absolute atomic E-state index is 8.59. The summed E-state index contributed by atoms with van der Waals surface area (Å²) >= 11 is 0. The number of benzene rings is 1. The number of nitrogens with two attached hydrogens (primary N) is 1. The number of oxime groups is 1. The Morgan fingerprint density at radius 2 is 1.76 bits per heavy atom. The predicted molar refractivity (Wildman–Crippen MR) is 81.9 cm³/mol. The van der Waals surface area contributed by atoms with E-state index in [-0.39, 0.29) is 5.84 Å². The zero-order valence-electron chi connectivity index (χ0n) is 12.3. The Hall–Kier alpha value is -1.75. The molecule has 1 aromatic rings. The molecule has 1 fully saturated rings. The standard InChI is InChI=1S/C16H24N2O3/c17-16(18-19)13-7-9-15(10-8-13)21-12-11-20-14-5-3-1-2-4-6-14/h7-10,14,19H,1-6,11-12H2,(H2,17,18). The third-order valence-corrected chi connectivity index (χ3v) is 3.77. The highest BCUT2D eigenvalue weighted by molar-refractivity contribution is 5.97. The lowest BCUT2D eigenvalue weighted by Gasteiger charge is -2.15. The van der Waals surface area contributed by atoms with Gasteiger partial charge in [0.25, 0.3) is 0 Å². The maximum atomic E-state index is 8.59. The molecular formula is C16H24N2O3. The van der Waals surface area contributed by atoms with E-state index >= 15 is 0 Å². The number of nitrogens with zero attached hydrogens (tertiary/aromatic N) is 1. The van der Waals surface area contributed by atoms with Crippen LogP contribution in [-0.2, 0) is 4.74 Å². The first-order valence-electron chi connectivity index (χ1n) is 7.62. The van der Waals surface area contributed by atoms with Gasteiger partial charge >= 0.3 is 0 Å². The summed E-state index contributed by atoms with van der Waals surface area (Å²) in [7, 11) is 0. The second-order valence-electron chi connectivity index (χ2n) is 5.34. The predicted octanol–water partition coefficient (Wildman–Crippen LogP) is 2.90. The van der Waals surface area contributed by atoms with Crippen molar-refractivity contribution in [1.82, 2.24) is 0 Å². The molecule has 1 aliphatic carbocycles. The smallest absolute Gasteiger partial charge is 0.170 e. The van der Waals surface area contributed by atoms with E-state index in [0.717, 1.165) is 5.75 Å². The lowest BCUT2D eigenvalue weighted by atomic mass is 10.1. The summed E-state index contributed by atoms with van der Waals surface area (Å²) in [5, 5.41) is 11.5. The average Bonchev–Trinajstić information content (AvgIpc) is 2.80. The molecule has 0 unspecified atom stereocenters. The molecule has 2 rings (SSSR count). The summed E-state index contributed by atoms with van der Waals surface area (Å²) in [6.07, 6.45) is 7.98. The molecule has 0 amide bonds. The fraction of sp³-hybridized carbons (Fsp3) is 0.562. The molecule has 0 bridgehead atoms. The van der Waals surface area contributed by atoms with Crippen LogP contribution in [0.3, 0.4) is 0 Å². The number of hydrogen-bond acceptors (Lipinski definition) is 4. The van der Waals surface area contributed by atoms with Crippen LogP contribution in [0.25, 0.3) is 0 Å². The summed E-state index contributed by atoms with van der Waals surface area (Å²) in [6, 6.07) is 7.13. The zero-order valence-corrected chi connectivity index (χ0v) is 12.3. The van der Waals surface area contributed by atoms with E-state index in [1.54, 1.807) is 24.3 Å². The van der Waals surface area contributed by atoms with E-state index in [2.05, 4.69) is 5.16 Å². The molecule has 1 aliphatic rings. The van der Waals surface area contributed by atoms with Gasteiger partial charge in [0.2, 0.25) is 0 Å². The van der Waals surface area contributed by atoms with Crippen LogP contribution in [0.15, 0.2) is 29.4 Å². The van der Waals surface area contributed by atoms with Crippen molar-refractivity contribution in [2.24, 2.45) is 10.9 Å². The van der Waals surface area contributed by atoms with Crippen molar-refractivity contribution in [1.29, 1.82) is 0 Å². The van der Waals surface area contributed by atoms with Gasteiger partial charge in [-0.2, -0.15) is 0 Å². The van der Waals surface area contributed by atoms with Crippen LogP contribution < -0.4 is 10.5 Å². The number of ether oxygens (including phenoxy) is 2. The molecule has 5 nitrogen and oxygen atoms in total. The molecular weight excluding hydrogens is 268 g/mol. The second-order valence-corrected chi connectivity index (χ2v) is 5.34. The molecule has 0 atom stereocenters. The molecule has 1 saturated carbocycles. The first-order valence-corrected chi connectivity index (χ1v) is 7.62. The Morgan fingerprint density at radius 1 is 1.10 bits per heavy atom. The molecule has 1 aromatic carbocycles. The van der Waals surface area contributed by atoms with Gasteiger partial charge in [-0.25, -0.2) is 0 Å². The van der Waals surface area contributed by atoms with Gasteiger partial charge in [0, 0.05) is 5.56 Å². The van der Waals surface area contributed by atoms with Crippen LogP contribution >= 0.6 is 0 Å². The summed E-state index contributed by atoms with van der Waals surface area (Å²) in [5.74, 6) is 0.854. The van der Waals surface area contributed by atoms with E-state index in [0.29, 0.717) is 24.9 Å². The Labute approximate surface area is 125 Å². The third-order valence-electron chi connectivity index (χ3n) is 3.77. The van der Waals surface area contributed by atoms with Crippen LogP contribution in [-0.4, -0.2) is 30.4 Å². The molecule has 0 spiro atoms. The number of hydrogen-bond donors (Lipinski definition) is 2. The van der Waals surface area contributed by atoms with Gasteiger partial charge in [-0.15, -0.1) is 0 Å². The molecule has 0 aromatic heterocycles. The highest BCUT2D eigenvalue weighted by atomic mass is 16.5. The highest BCUT2D eigenvalue weighted by Gasteiger charge is 2.12. The van der Waals surface area contributed by atoms with Gasteiger partial charge < -0.3 is 20.4 Å².